The molecule has 2 atom stereocenters. The van der Waals surface area contributed by atoms with Crippen LogP contribution in [-0.2, 0) is 11.5 Å². The Kier molecular flexibility index (Phi) is 8.88. The van der Waals surface area contributed by atoms with Gasteiger partial charge in [-0.05, 0) is 43.8 Å². The molecule has 3 saturated heterocycles. The fourth-order valence-electron chi connectivity index (χ4n) is 5.74. The molecular weight excluding hydrogens is 536 g/mol. The van der Waals surface area contributed by atoms with Crippen molar-refractivity contribution in [2.75, 3.05) is 59.4 Å². The van der Waals surface area contributed by atoms with E-state index < -0.39 is 8.07 Å². The van der Waals surface area contributed by atoms with E-state index in [0.29, 0.717) is 49.3 Å². The number of hydrogen-bond donors (Lipinski definition) is 2. The lowest BCUT2D eigenvalue weighted by atomic mass is 9.88. The molecule has 2 amide bonds. The normalized spacial score (nSPS) is 19.2. The Hall–Kier alpha value is -3.12. The second-order valence-corrected chi connectivity index (χ2v) is 17.9. The average molecular weight is 581 g/mol. The molecule has 2 aromatic heterocycles. The Bertz CT molecular complexity index is 1340. The van der Waals surface area contributed by atoms with Gasteiger partial charge in [0.1, 0.15) is 29.7 Å². The number of benzene rings is 1. The lowest BCUT2D eigenvalue weighted by molar-refractivity contribution is -0.0493. The SMILES string of the molecule is COc1cccc(OC)c1-c1cn(COCC[Si](C)(C)C)c2nc(NC(=O)NCCN3CC4CC(C3)N4C)ccc12. The number of ether oxygens (including phenoxy) is 3. The number of anilines is 1. The van der Waals surface area contributed by atoms with Crippen LogP contribution in [0.4, 0.5) is 10.6 Å². The van der Waals surface area contributed by atoms with Crippen LogP contribution in [0.25, 0.3) is 22.2 Å². The molecule has 3 aliphatic rings. The quantitative estimate of drug-likeness (QED) is 0.240. The number of amides is 2. The average Bonchev–Trinajstić information content (AvgIpc) is 3.31. The number of hydrogen-bond acceptors (Lipinski definition) is 7. The van der Waals surface area contributed by atoms with Gasteiger partial charge in [-0.1, -0.05) is 25.7 Å². The van der Waals surface area contributed by atoms with Crippen LogP contribution in [0.15, 0.2) is 36.5 Å². The van der Waals surface area contributed by atoms with Gasteiger partial charge in [0.15, 0.2) is 0 Å². The van der Waals surface area contributed by atoms with E-state index in [9.17, 15) is 4.79 Å². The largest absolute Gasteiger partial charge is 0.496 e. The highest BCUT2D eigenvalue weighted by Crippen LogP contribution is 2.42. The van der Waals surface area contributed by atoms with Crippen LogP contribution >= 0.6 is 0 Å². The Labute approximate surface area is 244 Å². The molecule has 10 nitrogen and oxygen atoms in total. The molecule has 0 saturated carbocycles. The molecule has 222 valence electrons. The Morgan fingerprint density at radius 2 is 1.78 bits per heavy atom. The number of nitrogens with one attached hydrogen (secondary N) is 2. The third-order valence-corrected chi connectivity index (χ3v) is 9.94. The number of piperidine rings is 1. The highest BCUT2D eigenvalue weighted by Gasteiger charge is 2.41. The van der Waals surface area contributed by atoms with Gasteiger partial charge in [-0.2, -0.15) is 0 Å². The van der Waals surface area contributed by atoms with Crippen molar-refractivity contribution in [3.8, 4) is 22.6 Å². The molecule has 5 heterocycles. The highest BCUT2D eigenvalue weighted by molar-refractivity contribution is 6.76. The van der Waals surface area contributed by atoms with Crippen LogP contribution in [-0.4, -0.2) is 99.6 Å². The van der Waals surface area contributed by atoms with Crippen LogP contribution in [0.5, 0.6) is 11.5 Å². The monoisotopic (exact) mass is 580 g/mol. The molecule has 0 aliphatic carbocycles. The molecule has 41 heavy (non-hydrogen) atoms. The fraction of sp³-hybridized carbons (Fsp3) is 0.533. The number of methoxy groups -OCH3 is 2. The zero-order valence-corrected chi connectivity index (χ0v) is 26.2. The zero-order valence-electron chi connectivity index (χ0n) is 25.2. The Morgan fingerprint density at radius 1 is 1.07 bits per heavy atom. The molecule has 2 bridgehead atoms. The fourth-order valence-corrected chi connectivity index (χ4v) is 6.50. The third kappa shape index (κ3) is 6.69. The number of carbonyl (C=O) groups excluding carboxylic acids is 1. The second-order valence-electron chi connectivity index (χ2n) is 12.3. The Balaban J connectivity index is 1.32. The summed E-state index contributed by atoms with van der Waals surface area (Å²) in [7, 11) is 4.30. The number of fused-ring (bicyclic) bond motifs is 3. The minimum atomic E-state index is -1.22. The maximum Gasteiger partial charge on any atom is 0.320 e. The van der Waals surface area contributed by atoms with Gasteiger partial charge in [0.2, 0.25) is 0 Å². The van der Waals surface area contributed by atoms with E-state index in [4.69, 9.17) is 19.2 Å². The number of carbonyl (C=O) groups is 1. The number of likely N-dealkylation sites (N-methyl/N-ethyl adjacent to an activating group) is 1. The molecule has 0 radical (unpaired) electrons. The molecular formula is C30H44N6O4Si. The molecule has 3 fully saturated rings. The van der Waals surface area contributed by atoms with Crippen molar-refractivity contribution in [2.24, 2.45) is 0 Å². The van der Waals surface area contributed by atoms with E-state index in [0.717, 1.165) is 47.8 Å². The summed E-state index contributed by atoms with van der Waals surface area (Å²) < 4.78 is 19.5. The van der Waals surface area contributed by atoms with Crippen molar-refractivity contribution in [3.05, 3.63) is 36.5 Å². The van der Waals surface area contributed by atoms with Crippen molar-refractivity contribution in [1.82, 2.24) is 24.7 Å². The number of aromatic nitrogens is 2. The number of piperazine rings is 1. The van der Waals surface area contributed by atoms with Crippen molar-refractivity contribution in [2.45, 2.75) is 50.9 Å². The standard InChI is InChI=1S/C30H44N6O4Si/c1-34-21-16-22(34)18-35(17-21)13-12-31-30(37)33-27-11-10-23-24(28-25(38-2)8-7-9-26(28)39-3)19-36(29(23)32-27)20-40-14-15-41(4,5)6/h7-11,19,21-22H,12-18,20H2,1-6H3,(H2,31,32,33,37). The third-order valence-electron chi connectivity index (χ3n) is 8.24. The molecule has 3 aliphatic heterocycles. The van der Waals surface area contributed by atoms with E-state index in [1.807, 2.05) is 41.1 Å². The first-order chi connectivity index (χ1) is 19.7. The van der Waals surface area contributed by atoms with Crippen molar-refractivity contribution < 1.29 is 19.0 Å². The van der Waals surface area contributed by atoms with Gasteiger partial charge in [-0.15, -0.1) is 0 Å². The molecule has 1 aromatic carbocycles. The number of nitrogens with zero attached hydrogens (tertiary/aromatic N) is 4. The van der Waals surface area contributed by atoms with Gasteiger partial charge in [-0.3, -0.25) is 15.1 Å². The van der Waals surface area contributed by atoms with Crippen LogP contribution in [0.3, 0.4) is 0 Å². The van der Waals surface area contributed by atoms with E-state index >= 15 is 0 Å². The van der Waals surface area contributed by atoms with Crippen LogP contribution in [0.1, 0.15) is 6.42 Å². The van der Waals surface area contributed by atoms with Gasteiger partial charge in [0, 0.05) is 70.1 Å². The summed E-state index contributed by atoms with van der Waals surface area (Å²) in [5, 5.41) is 6.83. The lowest BCUT2D eigenvalue weighted by Gasteiger charge is -2.55. The molecule has 2 unspecified atom stereocenters. The van der Waals surface area contributed by atoms with E-state index in [1.54, 1.807) is 14.2 Å². The first kappa shape index (κ1) is 29.4. The van der Waals surface area contributed by atoms with E-state index in [2.05, 4.69) is 47.1 Å². The Morgan fingerprint density at radius 3 is 2.41 bits per heavy atom. The summed E-state index contributed by atoms with van der Waals surface area (Å²) >= 11 is 0. The van der Waals surface area contributed by atoms with Crippen LogP contribution in [0.2, 0.25) is 25.7 Å². The molecule has 3 aromatic rings. The minimum absolute atomic E-state index is 0.257. The predicted octanol–water partition coefficient (Wildman–Crippen LogP) is 4.54. The van der Waals surface area contributed by atoms with Gasteiger partial charge in [0.05, 0.1) is 19.8 Å². The first-order valence-corrected chi connectivity index (χ1v) is 18.2. The molecule has 2 N–H and O–H groups in total. The molecule has 6 rings (SSSR count). The van der Waals surface area contributed by atoms with Crippen LogP contribution in [0, 0.1) is 0 Å². The smallest absolute Gasteiger partial charge is 0.320 e. The second kappa shape index (κ2) is 12.4. The molecule has 11 heteroatoms. The van der Waals surface area contributed by atoms with Gasteiger partial charge >= 0.3 is 6.03 Å². The maximum absolute atomic E-state index is 12.7. The summed E-state index contributed by atoms with van der Waals surface area (Å²) in [4.78, 5) is 22.5. The summed E-state index contributed by atoms with van der Waals surface area (Å²) in [6, 6.07) is 11.7. The summed E-state index contributed by atoms with van der Waals surface area (Å²) in [5.74, 6) is 1.90. The summed E-state index contributed by atoms with van der Waals surface area (Å²) in [5.41, 5.74) is 2.50. The van der Waals surface area contributed by atoms with E-state index in [-0.39, 0.29) is 6.03 Å². The minimum Gasteiger partial charge on any atom is -0.496 e. The summed E-state index contributed by atoms with van der Waals surface area (Å²) in [6.45, 7) is 11.7. The topological polar surface area (TPSA) is 93.1 Å². The first-order valence-electron chi connectivity index (χ1n) is 14.4. The van der Waals surface area contributed by atoms with Crippen LogP contribution < -0.4 is 20.1 Å². The van der Waals surface area contributed by atoms with Gasteiger partial charge in [-0.25, -0.2) is 9.78 Å². The van der Waals surface area contributed by atoms with Gasteiger partial charge in [0.25, 0.3) is 0 Å². The number of rotatable bonds is 12. The zero-order chi connectivity index (χ0) is 29.1. The summed E-state index contributed by atoms with van der Waals surface area (Å²) in [6.07, 6.45) is 3.32. The van der Waals surface area contributed by atoms with Gasteiger partial charge < -0.3 is 24.1 Å². The highest BCUT2D eigenvalue weighted by atomic mass is 28.3. The van der Waals surface area contributed by atoms with E-state index in [1.165, 1.54) is 6.42 Å². The number of pyridine rings is 1. The van der Waals surface area contributed by atoms with Crippen molar-refractivity contribution in [1.29, 1.82) is 0 Å². The van der Waals surface area contributed by atoms with Crippen molar-refractivity contribution in [3.63, 3.8) is 0 Å². The predicted molar refractivity (Wildman–Crippen MR) is 166 cm³/mol. The lowest BCUT2D eigenvalue weighted by Crippen LogP contribution is -2.67. The molecule has 0 spiro atoms. The van der Waals surface area contributed by atoms with Crippen molar-refractivity contribution >= 4 is 31.0 Å². The maximum atomic E-state index is 12.7. The number of urea groups is 1.